The van der Waals surface area contributed by atoms with E-state index in [4.69, 9.17) is 18.5 Å². The van der Waals surface area contributed by atoms with Crippen molar-refractivity contribution < 1.29 is 27.9 Å². The zero-order valence-corrected chi connectivity index (χ0v) is 11.3. The molecule has 1 rings (SSSR count). The lowest BCUT2D eigenvalue weighted by Gasteiger charge is -2.32. The number of carbonyl (C=O) groups excluding carboxylic acids is 1. The van der Waals surface area contributed by atoms with Crippen molar-refractivity contribution in [1.29, 1.82) is 0 Å². The molecule has 0 aromatic heterocycles. The van der Waals surface area contributed by atoms with Gasteiger partial charge in [-0.2, -0.15) is 0 Å². The maximum absolute atomic E-state index is 12.1. The molecule has 7 heteroatoms. The van der Waals surface area contributed by atoms with Gasteiger partial charge in [0.05, 0.1) is 6.10 Å². The molecular formula is C10H19O6P. The number of ether oxygens (including phenoxy) is 2. The van der Waals surface area contributed by atoms with Gasteiger partial charge in [-0.1, -0.05) is 0 Å². The van der Waals surface area contributed by atoms with Gasteiger partial charge in [0.15, 0.2) is 5.85 Å². The minimum Gasteiger partial charge on any atom is -0.463 e. The molecule has 0 bridgehead atoms. The summed E-state index contributed by atoms with van der Waals surface area (Å²) < 4.78 is 32.4. The Bertz CT molecular complexity index is 297. The Balaban J connectivity index is 2.54. The monoisotopic (exact) mass is 266 g/mol. The third-order valence-corrected chi connectivity index (χ3v) is 4.76. The minimum atomic E-state index is -3.20. The number of hydrogen-bond donors (Lipinski definition) is 0. The van der Waals surface area contributed by atoms with E-state index < -0.39 is 13.4 Å². The molecule has 100 valence electrons. The predicted octanol–water partition coefficient (Wildman–Crippen LogP) is 1.93. The van der Waals surface area contributed by atoms with Gasteiger partial charge in [0, 0.05) is 21.1 Å². The van der Waals surface area contributed by atoms with Crippen LogP contribution in [0.15, 0.2) is 0 Å². The largest absolute Gasteiger partial charge is 0.463 e. The Morgan fingerprint density at radius 3 is 2.53 bits per heavy atom. The van der Waals surface area contributed by atoms with Crippen molar-refractivity contribution in [3.8, 4) is 0 Å². The molecule has 0 aromatic carbocycles. The fraction of sp³-hybridized carbons (Fsp3) is 0.900. The highest BCUT2D eigenvalue weighted by molar-refractivity contribution is 7.54. The average molecular weight is 266 g/mol. The first-order valence-electron chi connectivity index (χ1n) is 5.52. The molecule has 0 radical (unpaired) electrons. The third-order valence-electron chi connectivity index (χ3n) is 2.66. The second-order valence-electron chi connectivity index (χ2n) is 3.85. The number of hydrogen-bond acceptors (Lipinski definition) is 6. The molecule has 1 fully saturated rings. The predicted molar refractivity (Wildman–Crippen MR) is 60.8 cm³/mol. The molecule has 0 saturated carbocycles. The summed E-state index contributed by atoms with van der Waals surface area (Å²) in [5.74, 6) is -0.927. The average Bonchev–Trinajstić information content (AvgIpc) is 2.35. The van der Waals surface area contributed by atoms with E-state index in [0.29, 0.717) is 6.42 Å². The molecule has 1 heterocycles. The molecule has 17 heavy (non-hydrogen) atoms. The topological polar surface area (TPSA) is 71.1 Å². The zero-order chi connectivity index (χ0) is 12.9. The first-order valence-corrected chi connectivity index (χ1v) is 7.13. The summed E-state index contributed by atoms with van der Waals surface area (Å²) in [5, 5.41) is 0. The van der Waals surface area contributed by atoms with Gasteiger partial charge in [0.25, 0.3) is 0 Å². The van der Waals surface area contributed by atoms with Crippen molar-refractivity contribution in [2.75, 3.05) is 20.8 Å². The van der Waals surface area contributed by atoms with Crippen LogP contribution >= 0.6 is 7.60 Å². The highest BCUT2D eigenvalue weighted by Gasteiger charge is 2.39. The van der Waals surface area contributed by atoms with E-state index >= 15 is 0 Å². The van der Waals surface area contributed by atoms with Crippen LogP contribution in [0.1, 0.15) is 26.2 Å². The Hall–Kier alpha value is -0.420. The Morgan fingerprint density at radius 1 is 1.35 bits per heavy atom. The molecule has 0 aliphatic carbocycles. The van der Waals surface area contributed by atoms with Crippen molar-refractivity contribution in [3.05, 3.63) is 0 Å². The van der Waals surface area contributed by atoms with Crippen LogP contribution in [-0.4, -0.2) is 38.7 Å². The number of carbonyl (C=O) groups is 1. The molecule has 6 nitrogen and oxygen atoms in total. The number of esters is 1. The van der Waals surface area contributed by atoms with Crippen molar-refractivity contribution in [2.45, 2.75) is 38.1 Å². The lowest BCUT2D eigenvalue weighted by Crippen LogP contribution is -2.32. The van der Waals surface area contributed by atoms with Crippen LogP contribution in [0.5, 0.6) is 0 Å². The van der Waals surface area contributed by atoms with Crippen LogP contribution in [0.25, 0.3) is 0 Å². The van der Waals surface area contributed by atoms with E-state index in [1.165, 1.54) is 21.1 Å². The van der Waals surface area contributed by atoms with Crippen LogP contribution in [0.3, 0.4) is 0 Å². The fourth-order valence-corrected chi connectivity index (χ4v) is 3.19. The van der Waals surface area contributed by atoms with E-state index in [9.17, 15) is 9.36 Å². The van der Waals surface area contributed by atoms with Gasteiger partial charge in [-0.25, -0.2) is 0 Å². The molecule has 0 spiro atoms. The molecule has 1 aliphatic rings. The van der Waals surface area contributed by atoms with Gasteiger partial charge in [-0.3, -0.25) is 9.36 Å². The molecule has 0 unspecified atom stereocenters. The van der Waals surface area contributed by atoms with Crippen LogP contribution in [0.2, 0.25) is 0 Å². The molecular weight excluding hydrogens is 247 g/mol. The fourth-order valence-electron chi connectivity index (χ4n) is 1.75. The van der Waals surface area contributed by atoms with Gasteiger partial charge in [0.1, 0.15) is 6.61 Å². The molecule has 0 amide bonds. The molecule has 0 N–H and O–H groups in total. The van der Waals surface area contributed by atoms with Gasteiger partial charge >= 0.3 is 13.6 Å². The normalized spacial score (nSPS) is 25.6. The summed E-state index contributed by atoms with van der Waals surface area (Å²) >= 11 is 0. The maximum atomic E-state index is 12.1. The highest BCUT2D eigenvalue weighted by atomic mass is 31.2. The lowest BCUT2D eigenvalue weighted by molar-refractivity contribution is -0.147. The second-order valence-corrected chi connectivity index (χ2v) is 6.24. The first kappa shape index (κ1) is 14.6. The first-order chi connectivity index (χ1) is 8.01. The summed E-state index contributed by atoms with van der Waals surface area (Å²) in [7, 11) is -0.531. The van der Waals surface area contributed by atoms with Crippen LogP contribution in [0.4, 0.5) is 0 Å². The molecule has 1 saturated heterocycles. The summed E-state index contributed by atoms with van der Waals surface area (Å²) in [6, 6.07) is 0. The quantitative estimate of drug-likeness (QED) is 0.559. The van der Waals surface area contributed by atoms with Crippen molar-refractivity contribution in [3.63, 3.8) is 0 Å². The van der Waals surface area contributed by atoms with Crippen molar-refractivity contribution in [1.82, 2.24) is 0 Å². The van der Waals surface area contributed by atoms with E-state index in [1.54, 1.807) is 0 Å². The Labute approximate surface area is 101 Å². The zero-order valence-electron chi connectivity index (χ0n) is 10.4. The molecule has 0 aromatic rings. The van der Waals surface area contributed by atoms with Crippen LogP contribution in [-0.2, 0) is 27.9 Å². The summed E-state index contributed by atoms with van der Waals surface area (Å²) in [6.45, 7) is 1.52. The van der Waals surface area contributed by atoms with Crippen LogP contribution < -0.4 is 0 Å². The summed E-state index contributed by atoms with van der Waals surface area (Å²) in [6.07, 6.45) is 2.00. The standard InChI is InChI=1S/C10H19O6P/c1-8(11)15-7-9-5-4-6-10(16-9)17(12,13-2)14-3/h9-10H,4-7H2,1-3H3/t9-,10+/m0/s1. The van der Waals surface area contributed by atoms with Crippen LogP contribution in [0, 0.1) is 0 Å². The summed E-state index contributed by atoms with van der Waals surface area (Å²) in [4.78, 5) is 10.7. The van der Waals surface area contributed by atoms with Gasteiger partial charge in [0.2, 0.25) is 0 Å². The van der Waals surface area contributed by atoms with Gasteiger partial charge < -0.3 is 18.5 Å². The maximum Gasteiger partial charge on any atom is 0.358 e. The van der Waals surface area contributed by atoms with Gasteiger partial charge in [-0.05, 0) is 19.3 Å². The smallest absolute Gasteiger partial charge is 0.358 e. The molecule has 1 aliphatic heterocycles. The van der Waals surface area contributed by atoms with E-state index in [-0.39, 0.29) is 18.7 Å². The summed E-state index contributed by atoms with van der Waals surface area (Å²) in [5.41, 5.74) is 0. The number of rotatable bonds is 5. The third kappa shape index (κ3) is 4.07. The highest BCUT2D eigenvalue weighted by Crippen LogP contribution is 2.55. The minimum absolute atomic E-state index is 0.180. The Morgan fingerprint density at radius 2 is 2.00 bits per heavy atom. The molecule has 2 atom stereocenters. The van der Waals surface area contributed by atoms with Crippen molar-refractivity contribution in [2.24, 2.45) is 0 Å². The van der Waals surface area contributed by atoms with E-state index in [0.717, 1.165) is 12.8 Å². The SMILES string of the molecule is COP(=O)(OC)[C@@H]1CCC[C@@H](COC(C)=O)O1. The van der Waals surface area contributed by atoms with Crippen molar-refractivity contribution >= 4 is 13.6 Å². The van der Waals surface area contributed by atoms with E-state index in [2.05, 4.69) is 0 Å². The van der Waals surface area contributed by atoms with E-state index in [1.807, 2.05) is 0 Å². The Kier molecular flexibility index (Phi) is 5.59. The second kappa shape index (κ2) is 6.50. The van der Waals surface area contributed by atoms with Gasteiger partial charge in [-0.15, -0.1) is 0 Å². The lowest BCUT2D eigenvalue weighted by atomic mass is 10.1.